The molecule has 0 atom stereocenters. The first kappa shape index (κ1) is 14.7. The summed E-state index contributed by atoms with van der Waals surface area (Å²) in [5.41, 5.74) is 8.68. The van der Waals surface area contributed by atoms with Crippen molar-refractivity contribution in [3.05, 3.63) is 78.1 Å². The largest absolute Gasteiger partial charge is 0.382 e. The first-order valence-corrected chi connectivity index (χ1v) is 7.22. The molecule has 23 heavy (non-hydrogen) atoms. The maximum absolute atomic E-state index is 12.3. The molecule has 5 heteroatoms. The van der Waals surface area contributed by atoms with Crippen LogP contribution in [0.1, 0.15) is 15.9 Å². The minimum absolute atomic E-state index is 0.126. The van der Waals surface area contributed by atoms with E-state index >= 15 is 0 Å². The van der Waals surface area contributed by atoms with Crippen LogP contribution in [0.3, 0.4) is 0 Å². The number of aromatic nitrogens is 2. The second-order valence-corrected chi connectivity index (χ2v) is 5.08. The lowest BCUT2D eigenvalue weighted by Crippen LogP contribution is -2.22. The number of nitrogens with one attached hydrogen (secondary N) is 1. The second-order valence-electron chi connectivity index (χ2n) is 5.08. The third kappa shape index (κ3) is 3.71. The van der Waals surface area contributed by atoms with Gasteiger partial charge >= 0.3 is 0 Å². The Hall–Kier alpha value is -3.21. The summed E-state index contributed by atoms with van der Waals surface area (Å²) >= 11 is 0. The smallest absolute Gasteiger partial charge is 0.251 e. The summed E-state index contributed by atoms with van der Waals surface area (Å²) in [5.74, 6) is 0.240. The average molecular weight is 304 g/mol. The zero-order valence-electron chi connectivity index (χ0n) is 12.4. The number of carbonyl (C=O) groups is 1. The van der Waals surface area contributed by atoms with Gasteiger partial charge in [0, 0.05) is 17.7 Å². The molecule has 1 amide bonds. The molecule has 1 heterocycles. The highest BCUT2D eigenvalue weighted by molar-refractivity contribution is 5.95. The Bertz CT molecular complexity index is 801. The molecule has 0 radical (unpaired) electrons. The van der Waals surface area contributed by atoms with Crippen molar-refractivity contribution in [1.29, 1.82) is 0 Å². The molecule has 3 aromatic rings. The molecule has 1 aromatic heterocycles. The fourth-order valence-corrected chi connectivity index (χ4v) is 2.19. The van der Waals surface area contributed by atoms with Gasteiger partial charge < -0.3 is 11.1 Å². The lowest BCUT2D eigenvalue weighted by atomic mass is 10.1. The third-order valence-corrected chi connectivity index (χ3v) is 3.39. The summed E-state index contributed by atoms with van der Waals surface area (Å²) in [6.45, 7) is 0.492. The topological polar surface area (TPSA) is 80.9 Å². The number of nitrogen functional groups attached to an aromatic ring is 1. The minimum atomic E-state index is -0.126. The Labute approximate surface area is 134 Å². The molecule has 3 rings (SSSR count). The van der Waals surface area contributed by atoms with Crippen LogP contribution in [-0.4, -0.2) is 15.9 Å². The molecule has 0 aliphatic carbocycles. The molecule has 114 valence electrons. The average Bonchev–Trinajstić information content (AvgIpc) is 2.61. The van der Waals surface area contributed by atoms with Crippen molar-refractivity contribution in [3.63, 3.8) is 0 Å². The normalized spacial score (nSPS) is 10.3. The highest BCUT2D eigenvalue weighted by Crippen LogP contribution is 2.17. The van der Waals surface area contributed by atoms with E-state index in [0.717, 1.165) is 11.1 Å². The number of hydrogen-bond donors (Lipinski definition) is 2. The lowest BCUT2D eigenvalue weighted by Gasteiger charge is -2.07. The monoisotopic (exact) mass is 304 g/mol. The van der Waals surface area contributed by atoms with Crippen molar-refractivity contribution in [1.82, 2.24) is 15.3 Å². The van der Waals surface area contributed by atoms with E-state index in [1.54, 1.807) is 18.3 Å². The molecule has 5 nitrogen and oxygen atoms in total. The number of benzene rings is 2. The lowest BCUT2D eigenvalue weighted by molar-refractivity contribution is 0.0951. The molecule has 2 aromatic carbocycles. The molecule has 0 aliphatic heterocycles. The van der Waals surface area contributed by atoms with E-state index in [1.807, 2.05) is 42.5 Å². The molecule has 0 saturated carbocycles. The number of rotatable bonds is 4. The molecule has 0 spiro atoms. The van der Waals surface area contributed by atoms with Gasteiger partial charge in [0.1, 0.15) is 5.82 Å². The van der Waals surface area contributed by atoms with Crippen LogP contribution in [0, 0.1) is 0 Å². The first-order valence-electron chi connectivity index (χ1n) is 7.22. The van der Waals surface area contributed by atoms with Gasteiger partial charge in [0.15, 0.2) is 0 Å². The molecular formula is C18H16N4O. The molecule has 0 bridgehead atoms. The SMILES string of the molecule is Nc1cnc(-c2cccc(C(=O)NCc3ccccc3)c2)cn1. The minimum Gasteiger partial charge on any atom is -0.382 e. The summed E-state index contributed by atoms with van der Waals surface area (Å²) in [6, 6.07) is 17.1. The van der Waals surface area contributed by atoms with E-state index < -0.39 is 0 Å². The van der Waals surface area contributed by atoms with Gasteiger partial charge in [-0.1, -0.05) is 42.5 Å². The van der Waals surface area contributed by atoms with Crippen molar-refractivity contribution in [2.24, 2.45) is 0 Å². The van der Waals surface area contributed by atoms with E-state index in [1.165, 1.54) is 6.20 Å². The Morgan fingerprint density at radius 1 is 1.00 bits per heavy atom. The van der Waals surface area contributed by atoms with Crippen LogP contribution in [0.5, 0.6) is 0 Å². The van der Waals surface area contributed by atoms with Crippen LogP contribution >= 0.6 is 0 Å². The third-order valence-electron chi connectivity index (χ3n) is 3.39. The number of hydrogen-bond acceptors (Lipinski definition) is 4. The van der Waals surface area contributed by atoms with E-state index in [4.69, 9.17) is 5.73 Å². The van der Waals surface area contributed by atoms with Crippen LogP contribution in [0.25, 0.3) is 11.3 Å². The highest BCUT2D eigenvalue weighted by Gasteiger charge is 2.08. The predicted molar refractivity (Wildman–Crippen MR) is 89.5 cm³/mol. The van der Waals surface area contributed by atoms with E-state index in [-0.39, 0.29) is 5.91 Å². The van der Waals surface area contributed by atoms with E-state index in [0.29, 0.717) is 23.6 Å². The number of carbonyl (C=O) groups excluding carboxylic acids is 1. The fourth-order valence-electron chi connectivity index (χ4n) is 2.19. The standard InChI is InChI=1S/C18H16N4O/c19-17-12-20-16(11-21-17)14-7-4-8-15(9-14)18(23)22-10-13-5-2-1-3-6-13/h1-9,11-12H,10H2,(H2,19,21)(H,22,23). The molecule has 0 aliphatic rings. The summed E-state index contributed by atoms with van der Waals surface area (Å²) < 4.78 is 0. The van der Waals surface area contributed by atoms with Crippen LogP contribution in [0.2, 0.25) is 0 Å². The molecule has 0 fully saturated rings. The Balaban J connectivity index is 1.74. The molecule has 0 unspecified atom stereocenters. The van der Waals surface area contributed by atoms with Crippen LogP contribution in [0.15, 0.2) is 67.0 Å². The Morgan fingerprint density at radius 2 is 1.83 bits per heavy atom. The van der Waals surface area contributed by atoms with Crippen molar-refractivity contribution in [2.45, 2.75) is 6.54 Å². The number of nitrogens with two attached hydrogens (primary N) is 1. The Kier molecular flexibility index (Phi) is 4.29. The van der Waals surface area contributed by atoms with Crippen molar-refractivity contribution in [3.8, 4) is 11.3 Å². The summed E-state index contributed by atoms with van der Waals surface area (Å²) in [5, 5.41) is 2.91. The molecule has 0 saturated heterocycles. The summed E-state index contributed by atoms with van der Waals surface area (Å²) in [7, 11) is 0. The van der Waals surface area contributed by atoms with Gasteiger partial charge in [-0.05, 0) is 17.7 Å². The number of amides is 1. The van der Waals surface area contributed by atoms with Gasteiger partial charge in [-0.25, -0.2) is 4.98 Å². The predicted octanol–water partition coefficient (Wildman–Crippen LogP) is 2.66. The zero-order chi connectivity index (χ0) is 16.1. The second kappa shape index (κ2) is 6.70. The summed E-state index contributed by atoms with van der Waals surface area (Å²) in [4.78, 5) is 20.5. The van der Waals surface area contributed by atoms with Crippen LogP contribution in [0.4, 0.5) is 5.82 Å². The van der Waals surface area contributed by atoms with Gasteiger partial charge in [0.05, 0.1) is 18.1 Å². The van der Waals surface area contributed by atoms with Crippen LogP contribution in [-0.2, 0) is 6.54 Å². The van der Waals surface area contributed by atoms with E-state index in [2.05, 4.69) is 15.3 Å². The maximum atomic E-state index is 12.3. The maximum Gasteiger partial charge on any atom is 0.251 e. The van der Waals surface area contributed by atoms with Gasteiger partial charge in [-0.3, -0.25) is 9.78 Å². The number of nitrogens with zero attached hydrogens (tertiary/aromatic N) is 2. The van der Waals surface area contributed by atoms with Gasteiger partial charge in [-0.2, -0.15) is 0 Å². The van der Waals surface area contributed by atoms with Gasteiger partial charge in [-0.15, -0.1) is 0 Å². The van der Waals surface area contributed by atoms with Crippen LogP contribution < -0.4 is 11.1 Å². The fraction of sp³-hybridized carbons (Fsp3) is 0.0556. The first-order chi connectivity index (χ1) is 11.2. The van der Waals surface area contributed by atoms with E-state index in [9.17, 15) is 4.79 Å². The van der Waals surface area contributed by atoms with Crippen molar-refractivity contribution >= 4 is 11.7 Å². The Morgan fingerprint density at radius 3 is 2.57 bits per heavy atom. The summed E-state index contributed by atoms with van der Waals surface area (Å²) in [6.07, 6.45) is 3.09. The highest BCUT2D eigenvalue weighted by atomic mass is 16.1. The molecular weight excluding hydrogens is 288 g/mol. The molecule has 3 N–H and O–H groups in total. The van der Waals surface area contributed by atoms with Gasteiger partial charge in [0.25, 0.3) is 5.91 Å². The van der Waals surface area contributed by atoms with Crippen molar-refractivity contribution in [2.75, 3.05) is 5.73 Å². The zero-order valence-corrected chi connectivity index (χ0v) is 12.4. The quantitative estimate of drug-likeness (QED) is 0.776. The number of anilines is 1. The van der Waals surface area contributed by atoms with Gasteiger partial charge in [0.2, 0.25) is 0 Å². The van der Waals surface area contributed by atoms with Crippen molar-refractivity contribution < 1.29 is 4.79 Å².